The highest BCUT2D eigenvalue weighted by Gasteiger charge is 2.41. The van der Waals surface area contributed by atoms with Crippen LogP contribution in [0.15, 0.2) is 0 Å². The molecular weight excluding hydrogens is 240 g/mol. The van der Waals surface area contributed by atoms with E-state index in [9.17, 15) is 4.79 Å². The van der Waals surface area contributed by atoms with Gasteiger partial charge in [0, 0.05) is 10.2 Å². The van der Waals surface area contributed by atoms with Gasteiger partial charge in [-0.15, -0.1) is 0 Å². The van der Waals surface area contributed by atoms with Crippen LogP contribution in [0.25, 0.3) is 0 Å². The molecule has 0 bridgehead atoms. The molecule has 2 unspecified atom stereocenters. The Balaban J connectivity index is 1.92. The molecule has 0 saturated heterocycles. The van der Waals surface area contributed by atoms with E-state index in [-0.39, 0.29) is 17.1 Å². The molecule has 0 heterocycles. The summed E-state index contributed by atoms with van der Waals surface area (Å²) in [5.74, 6) is 1.35. The van der Waals surface area contributed by atoms with Crippen LogP contribution in [0.3, 0.4) is 0 Å². The van der Waals surface area contributed by atoms with E-state index in [1.807, 2.05) is 0 Å². The van der Waals surface area contributed by atoms with Gasteiger partial charge in [-0.2, -0.15) is 0 Å². The molecule has 0 amide bonds. The van der Waals surface area contributed by atoms with Crippen molar-refractivity contribution in [1.29, 1.82) is 0 Å². The van der Waals surface area contributed by atoms with Crippen LogP contribution in [-0.2, 0) is 9.53 Å². The molecule has 2 fully saturated rings. The Labute approximate surface area is 114 Å². The van der Waals surface area contributed by atoms with Gasteiger partial charge in [-0.05, 0) is 37.5 Å². The monoisotopic (exact) mass is 268 g/mol. The van der Waals surface area contributed by atoms with Crippen molar-refractivity contribution in [3.8, 4) is 0 Å². The summed E-state index contributed by atoms with van der Waals surface area (Å²) in [5, 5.41) is -0.183. The van der Waals surface area contributed by atoms with E-state index < -0.39 is 0 Å². The Kier molecular flexibility index (Phi) is 4.52. The summed E-state index contributed by atoms with van der Waals surface area (Å²) >= 11 is 0. The highest BCUT2D eigenvalue weighted by Crippen LogP contribution is 2.44. The highest BCUT2D eigenvalue weighted by atomic mass is 28.1. The number of esters is 1. The molecule has 0 radical (unpaired) electrons. The number of rotatable bonds is 4. The van der Waals surface area contributed by atoms with Crippen molar-refractivity contribution in [3.05, 3.63) is 0 Å². The summed E-state index contributed by atoms with van der Waals surface area (Å²) < 4.78 is 5.75. The lowest BCUT2D eigenvalue weighted by molar-refractivity contribution is -0.154. The second-order valence-electron chi connectivity index (χ2n) is 6.87. The van der Waals surface area contributed by atoms with Crippen LogP contribution in [0.2, 0.25) is 5.04 Å². The molecule has 0 aromatic heterocycles. The van der Waals surface area contributed by atoms with Gasteiger partial charge < -0.3 is 4.74 Å². The van der Waals surface area contributed by atoms with Crippen molar-refractivity contribution in [2.75, 3.05) is 0 Å². The van der Waals surface area contributed by atoms with Crippen molar-refractivity contribution in [3.63, 3.8) is 0 Å². The normalized spacial score (nSPS) is 27.2. The summed E-state index contributed by atoms with van der Waals surface area (Å²) in [5.41, 5.74) is 0. The maximum atomic E-state index is 12.4. The Morgan fingerprint density at radius 2 is 1.67 bits per heavy atom. The SMILES string of the molecule is CC(C1CCCC1)C(C)([SiH3])C(=O)OC1CCCC1. The second-order valence-corrected chi connectivity index (χ2v) is 8.94. The lowest BCUT2D eigenvalue weighted by Gasteiger charge is -2.34. The zero-order chi connectivity index (χ0) is 13.2. The van der Waals surface area contributed by atoms with Gasteiger partial charge in [0.15, 0.2) is 0 Å². The minimum atomic E-state index is -0.183. The fourth-order valence-electron chi connectivity index (χ4n) is 3.54. The van der Waals surface area contributed by atoms with Gasteiger partial charge in [0.25, 0.3) is 0 Å². The lowest BCUT2D eigenvalue weighted by Crippen LogP contribution is -2.35. The first-order valence-corrected chi connectivity index (χ1v) is 8.73. The molecule has 2 atom stereocenters. The third-order valence-corrected chi connectivity index (χ3v) is 6.67. The minimum absolute atomic E-state index is 0.0977. The first kappa shape index (κ1) is 14.1. The third-order valence-electron chi connectivity index (χ3n) is 5.35. The molecule has 2 saturated carbocycles. The van der Waals surface area contributed by atoms with Crippen LogP contribution >= 0.6 is 0 Å². The van der Waals surface area contributed by atoms with Crippen LogP contribution in [-0.4, -0.2) is 22.3 Å². The molecule has 2 aliphatic carbocycles. The molecule has 0 spiro atoms. The maximum absolute atomic E-state index is 12.4. The van der Waals surface area contributed by atoms with Gasteiger partial charge in [-0.1, -0.05) is 39.5 Å². The van der Waals surface area contributed by atoms with E-state index in [4.69, 9.17) is 4.74 Å². The predicted octanol–water partition coefficient (Wildman–Crippen LogP) is 2.84. The standard InChI is InChI=1S/C15H28O2Si/c1-11(12-7-3-4-8-12)15(2,18)14(16)17-13-9-5-6-10-13/h11-13H,3-10H2,1-2,18H3. The van der Waals surface area contributed by atoms with E-state index in [0.29, 0.717) is 5.92 Å². The summed E-state index contributed by atoms with van der Waals surface area (Å²) in [6.45, 7) is 4.42. The Morgan fingerprint density at radius 1 is 1.17 bits per heavy atom. The Hall–Kier alpha value is -0.313. The van der Waals surface area contributed by atoms with Crippen LogP contribution in [0.1, 0.15) is 65.2 Å². The molecule has 2 nitrogen and oxygen atoms in total. The molecule has 0 aromatic rings. The van der Waals surface area contributed by atoms with E-state index in [0.717, 1.165) is 29.0 Å². The van der Waals surface area contributed by atoms with Gasteiger partial charge in [0.1, 0.15) is 6.10 Å². The van der Waals surface area contributed by atoms with Gasteiger partial charge in [0.2, 0.25) is 0 Å². The van der Waals surface area contributed by atoms with E-state index in [2.05, 4.69) is 13.8 Å². The van der Waals surface area contributed by atoms with Crippen LogP contribution < -0.4 is 0 Å². The number of carbonyl (C=O) groups is 1. The fraction of sp³-hybridized carbons (Fsp3) is 0.933. The largest absolute Gasteiger partial charge is 0.462 e. The maximum Gasteiger partial charge on any atom is 0.308 e. The number of carbonyl (C=O) groups excluding carboxylic acids is 1. The molecule has 0 aliphatic heterocycles. The molecule has 18 heavy (non-hydrogen) atoms. The van der Waals surface area contributed by atoms with Crippen LogP contribution in [0, 0.1) is 11.8 Å². The molecular formula is C15H28O2Si. The first-order chi connectivity index (χ1) is 8.51. The topological polar surface area (TPSA) is 26.3 Å². The third kappa shape index (κ3) is 2.98. The second kappa shape index (κ2) is 5.77. The Morgan fingerprint density at radius 3 is 2.22 bits per heavy atom. The highest BCUT2D eigenvalue weighted by molar-refractivity contribution is 6.27. The molecule has 3 heteroatoms. The summed E-state index contributed by atoms with van der Waals surface area (Å²) in [6.07, 6.45) is 10.2. The summed E-state index contributed by atoms with van der Waals surface area (Å²) in [4.78, 5) is 12.4. The van der Waals surface area contributed by atoms with Gasteiger partial charge >= 0.3 is 5.97 Å². The summed E-state index contributed by atoms with van der Waals surface area (Å²) in [6, 6.07) is 0. The van der Waals surface area contributed by atoms with Gasteiger partial charge in [0.05, 0.1) is 5.04 Å². The average Bonchev–Trinajstić information content (AvgIpc) is 3.00. The molecule has 2 rings (SSSR count). The summed E-state index contributed by atoms with van der Waals surface area (Å²) in [7, 11) is 0.907. The molecule has 0 N–H and O–H groups in total. The number of ether oxygens (including phenoxy) is 1. The van der Waals surface area contributed by atoms with Crippen molar-refractivity contribution < 1.29 is 9.53 Å². The predicted molar refractivity (Wildman–Crippen MR) is 77.8 cm³/mol. The van der Waals surface area contributed by atoms with Crippen LogP contribution in [0.5, 0.6) is 0 Å². The lowest BCUT2D eigenvalue weighted by atomic mass is 9.82. The van der Waals surface area contributed by atoms with Crippen molar-refractivity contribution in [1.82, 2.24) is 0 Å². The van der Waals surface area contributed by atoms with Crippen molar-refractivity contribution in [2.45, 2.75) is 76.4 Å². The zero-order valence-electron chi connectivity index (χ0n) is 12.2. The average molecular weight is 268 g/mol. The van der Waals surface area contributed by atoms with E-state index in [1.54, 1.807) is 0 Å². The fourth-order valence-corrected chi connectivity index (χ4v) is 4.13. The van der Waals surface area contributed by atoms with Crippen molar-refractivity contribution in [2.24, 2.45) is 11.8 Å². The van der Waals surface area contributed by atoms with Gasteiger partial charge in [-0.3, -0.25) is 4.79 Å². The Bertz CT molecular complexity index is 289. The minimum Gasteiger partial charge on any atom is -0.462 e. The smallest absolute Gasteiger partial charge is 0.308 e. The number of hydrogen-bond donors (Lipinski definition) is 0. The molecule has 104 valence electrons. The first-order valence-electron chi connectivity index (χ1n) is 7.73. The zero-order valence-corrected chi connectivity index (χ0v) is 14.2. The number of hydrogen-bond acceptors (Lipinski definition) is 2. The molecule has 2 aliphatic rings. The quantitative estimate of drug-likeness (QED) is 0.579. The van der Waals surface area contributed by atoms with Crippen molar-refractivity contribution >= 4 is 16.2 Å². The van der Waals surface area contributed by atoms with Crippen LogP contribution in [0.4, 0.5) is 0 Å². The van der Waals surface area contributed by atoms with E-state index >= 15 is 0 Å². The van der Waals surface area contributed by atoms with E-state index in [1.165, 1.54) is 38.5 Å². The molecule has 0 aromatic carbocycles. The van der Waals surface area contributed by atoms with Gasteiger partial charge in [-0.25, -0.2) is 0 Å².